The molecule has 0 aliphatic carbocycles. The molecule has 0 heterocycles. The number of rotatable bonds is 8. The molecule has 1 aromatic carbocycles. The first-order chi connectivity index (χ1) is 10.0. The van der Waals surface area contributed by atoms with Crippen LogP contribution in [0.2, 0.25) is 0 Å². The normalized spacial score (nSPS) is 11.5. The first kappa shape index (κ1) is 16.8. The molecule has 0 bridgehead atoms. The molecule has 0 fully saturated rings. The quantitative estimate of drug-likeness (QED) is 0.678. The third kappa shape index (κ3) is 6.62. The molecule has 7 nitrogen and oxygen atoms in total. The van der Waals surface area contributed by atoms with E-state index in [1.54, 1.807) is 24.3 Å². The molecule has 1 unspecified atom stereocenters. The van der Waals surface area contributed by atoms with Crippen LogP contribution >= 0.6 is 0 Å². The van der Waals surface area contributed by atoms with Crippen molar-refractivity contribution in [2.75, 3.05) is 25.6 Å². The zero-order valence-corrected chi connectivity index (χ0v) is 12.1. The van der Waals surface area contributed by atoms with Crippen molar-refractivity contribution in [1.82, 2.24) is 5.32 Å². The summed E-state index contributed by atoms with van der Waals surface area (Å²) >= 11 is 0. The number of methoxy groups -OCH3 is 1. The summed E-state index contributed by atoms with van der Waals surface area (Å²) in [4.78, 5) is 22.2. The number of anilines is 1. The van der Waals surface area contributed by atoms with Gasteiger partial charge in [-0.3, -0.25) is 4.79 Å². The molecule has 0 aliphatic rings. The Morgan fingerprint density at radius 2 is 1.95 bits per heavy atom. The van der Waals surface area contributed by atoms with Crippen molar-refractivity contribution in [2.45, 2.75) is 19.4 Å². The van der Waals surface area contributed by atoms with Crippen LogP contribution in [-0.2, 0) is 9.53 Å². The Bertz CT molecular complexity index is 461. The van der Waals surface area contributed by atoms with Crippen LogP contribution in [0.5, 0.6) is 5.75 Å². The Hall–Kier alpha value is -2.28. The average Bonchev–Trinajstić information content (AvgIpc) is 2.45. The predicted octanol–water partition coefficient (Wildman–Crippen LogP) is 1.70. The third-order valence-electron chi connectivity index (χ3n) is 2.65. The minimum atomic E-state index is -0.976. The van der Waals surface area contributed by atoms with Gasteiger partial charge in [-0.1, -0.05) is 0 Å². The Labute approximate surface area is 123 Å². The molecule has 1 aromatic rings. The monoisotopic (exact) mass is 296 g/mol. The second kappa shape index (κ2) is 8.80. The summed E-state index contributed by atoms with van der Waals surface area (Å²) in [6, 6.07) is 6.51. The Morgan fingerprint density at radius 3 is 2.48 bits per heavy atom. The van der Waals surface area contributed by atoms with Crippen molar-refractivity contribution in [3.63, 3.8) is 0 Å². The second-order valence-corrected chi connectivity index (χ2v) is 4.25. The lowest BCUT2D eigenvalue weighted by atomic mass is 10.2. The van der Waals surface area contributed by atoms with E-state index >= 15 is 0 Å². The summed E-state index contributed by atoms with van der Waals surface area (Å²) < 4.78 is 10.3. The van der Waals surface area contributed by atoms with Crippen LogP contribution in [0.1, 0.15) is 13.3 Å². The number of hydrogen-bond acceptors (Lipinski definition) is 4. The first-order valence-corrected chi connectivity index (χ1v) is 6.57. The van der Waals surface area contributed by atoms with Gasteiger partial charge in [0.15, 0.2) is 0 Å². The standard InChI is InChI=1S/C14H20N2O5/c1-3-21-11-6-4-10(5-7-11)16-14(19)15-9-12(20-2)8-13(17)18/h4-7,12H,3,8-9H2,1-2H3,(H,17,18)(H2,15,16,19). The molecule has 1 rings (SSSR count). The van der Waals surface area contributed by atoms with E-state index in [9.17, 15) is 9.59 Å². The van der Waals surface area contributed by atoms with Crippen molar-refractivity contribution in [2.24, 2.45) is 0 Å². The molecule has 0 spiro atoms. The largest absolute Gasteiger partial charge is 0.494 e. The van der Waals surface area contributed by atoms with Gasteiger partial charge in [0.05, 0.1) is 19.1 Å². The topological polar surface area (TPSA) is 96.9 Å². The van der Waals surface area contributed by atoms with Gasteiger partial charge >= 0.3 is 12.0 Å². The Balaban J connectivity index is 2.40. The number of nitrogens with one attached hydrogen (secondary N) is 2. The smallest absolute Gasteiger partial charge is 0.319 e. The number of carboxylic acids is 1. The van der Waals surface area contributed by atoms with Crippen molar-refractivity contribution >= 4 is 17.7 Å². The van der Waals surface area contributed by atoms with Gasteiger partial charge < -0.3 is 25.2 Å². The number of amides is 2. The molecule has 0 radical (unpaired) electrons. The summed E-state index contributed by atoms with van der Waals surface area (Å²) in [6.07, 6.45) is -0.728. The van der Waals surface area contributed by atoms with Gasteiger partial charge in [-0.2, -0.15) is 0 Å². The van der Waals surface area contributed by atoms with E-state index in [0.717, 1.165) is 5.75 Å². The van der Waals surface area contributed by atoms with Gasteiger partial charge in [0.1, 0.15) is 5.75 Å². The number of ether oxygens (including phenoxy) is 2. The highest BCUT2D eigenvalue weighted by Crippen LogP contribution is 2.15. The van der Waals surface area contributed by atoms with E-state index in [2.05, 4.69) is 10.6 Å². The van der Waals surface area contributed by atoms with Crippen molar-refractivity contribution in [3.8, 4) is 5.75 Å². The number of carbonyl (C=O) groups excluding carboxylic acids is 1. The van der Waals surface area contributed by atoms with Gasteiger partial charge in [0.25, 0.3) is 0 Å². The van der Waals surface area contributed by atoms with Crippen LogP contribution in [0.25, 0.3) is 0 Å². The highest BCUT2D eigenvalue weighted by atomic mass is 16.5. The van der Waals surface area contributed by atoms with E-state index in [1.807, 2.05) is 6.92 Å². The van der Waals surface area contributed by atoms with E-state index in [1.165, 1.54) is 7.11 Å². The SMILES string of the molecule is CCOc1ccc(NC(=O)NCC(CC(=O)O)OC)cc1. The lowest BCUT2D eigenvalue weighted by molar-refractivity contribution is -0.139. The summed E-state index contributed by atoms with van der Waals surface area (Å²) in [6.45, 7) is 2.59. The molecule has 116 valence electrons. The van der Waals surface area contributed by atoms with Gasteiger partial charge in [-0.05, 0) is 31.2 Å². The molecule has 3 N–H and O–H groups in total. The van der Waals surface area contributed by atoms with Crippen LogP contribution < -0.4 is 15.4 Å². The third-order valence-corrected chi connectivity index (χ3v) is 2.65. The molecule has 0 aliphatic heterocycles. The van der Waals surface area contributed by atoms with Crippen molar-refractivity contribution < 1.29 is 24.2 Å². The molecule has 2 amide bonds. The van der Waals surface area contributed by atoms with Crippen LogP contribution in [0.4, 0.5) is 10.5 Å². The van der Waals surface area contributed by atoms with Crippen LogP contribution in [0.3, 0.4) is 0 Å². The fourth-order valence-corrected chi connectivity index (χ4v) is 1.62. The van der Waals surface area contributed by atoms with Crippen molar-refractivity contribution in [3.05, 3.63) is 24.3 Å². The first-order valence-electron chi connectivity index (χ1n) is 6.57. The second-order valence-electron chi connectivity index (χ2n) is 4.25. The van der Waals surface area contributed by atoms with Gasteiger partial charge in [-0.25, -0.2) is 4.79 Å². The zero-order chi connectivity index (χ0) is 15.7. The molecule has 0 aromatic heterocycles. The fraction of sp³-hybridized carbons (Fsp3) is 0.429. The summed E-state index contributed by atoms with van der Waals surface area (Å²) in [5.74, 6) is -0.250. The molecular formula is C14H20N2O5. The summed E-state index contributed by atoms with van der Waals surface area (Å²) in [5, 5.41) is 13.9. The average molecular weight is 296 g/mol. The zero-order valence-electron chi connectivity index (χ0n) is 12.1. The van der Waals surface area contributed by atoms with E-state index in [-0.39, 0.29) is 13.0 Å². The minimum absolute atomic E-state index is 0.117. The number of hydrogen-bond donors (Lipinski definition) is 3. The maximum atomic E-state index is 11.7. The number of aliphatic carboxylic acids is 1. The summed E-state index contributed by atoms with van der Waals surface area (Å²) in [5.41, 5.74) is 0.614. The Morgan fingerprint density at radius 1 is 1.29 bits per heavy atom. The summed E-state index contributed by atoms with van der Waals surface area (Å²) in [7, 11) is 1.40. The highest BCUT2D eigenvalue weighted by Gasteiger charge is 2.13. The van der Waals surface area contributed by atoms with Crippen LogP contribution in [0.15, 0.2) is 24.3 Å². The maximum Gasteiger partial charge on any atom is 0.319 e. The Kier molecular flexibility index (Phi) is 7.03. The fourth-order valence-electron chi connectivity index (χ4n) is 1.62. The minimum Gasteiger partial charge on any atom is -0.494 e. The van der Waals surface area contributed by atoms with Crippen LogP contribution in [-0.4, -0.2) is 43.5 Å². The highest BCUT2D eigenvalue weighted by molar-refractivity contribution is 5.89. The van der Waals surface area contributed by atoms with Gasteiger partial charge in [0, 0.05) is 19.3 Å². The number of benzene rings is 1. The predicted molar refractivity (Wildman–Crippen MR) is 77.7 cm³/mol. The molecule has 0 saturated heterocycles. The van der Waals surface area contributed by atoms with Crippen molar-refractivity contribution in [1.29, 1.82) is 0 Å². The maximum absolute atomic E-state index is 11.7. The van der Waals surface area contributed by atoms with Gasteiger partial charge in [-0.15, -0.1) is 0 Å². The van der Waals surface area contributed by atoms with Gasteiger partial charge in [0.2, 0.25) is 0 Å². The lowest BCUT2D eigenvalue weighted by Crippen LogP contribution is -2.37. The van der Waals surface area contributed by atoms with E-state index in [4.69, 9.17) is 14.6 Å². The molecule has 7 heteroatoms. The number of carboxylic acid groups (broad SMARTS) is 1. The molecular weight excluding hydrogens is 276 g/mol. The number of urea groups is 1. The van der Waals surface area contributed by atoms with Crippen LogP contribution in [0, 0.1) is 0 Å². The molecule has 0 saturated carbocycles. The molecule has 1 atom stereocenters. The van der Waals surface area contributed by atoms with E-state index < -0.39 is 18.1 Å². The lowest BCUT2D eigenvalue weighted by Gasteiger charge is -2.14. The molecule has 21 heavy (non-hydrogen) atoms. The number of carbonyl (C=O) groups is 2. The van der Waals surface area contributed by atoms with E-state index in [0.29, 0.717) is 12.3 Å².